The second-order valence-electron chi connectivity index (χ2n) is 4.24. The average Bonchev–Trinajstić information content (AvgIpc) is 2.25. The first-order valence-corrected chi connectivity index (χ1v) is 7.64. The van der Waals surface area contributed by atoms with Crippen LogP contribution in [0, 0.1) is 0 Å². The van der Waals surface area contributed by atoms with Crippen molar-refractivity contribution in [3.05, 3.63) is 0 Å². The van der Waals surface area contributed by atoms with Crippen LogP contribution in [0.25, 0.3) is 0 Å². The van der Waals surface area contributed by atoms with Gasteiger partial charge in [-0.05, 0) is 6.42 Å². The topological polar surface area (TPSA) is 55.3 Å². The van der Waals surface area contributed by atoms with Gasteiger partial charge >= 0.3 is 16.5 Å². The van der Waals surface area contributed by atoms with E-state index in [9.17, 15) is 9.79 Å². The normalized spacial score (nSPS) is 10.6. The Bertz CT molecular complexity index is 137. The smallest absolute Gasteiger partial charge is 0.820 e. The van der Waals surface area contributed by atoms with Gasteiger partial charge < -0.3 is 14.3 Å². The van der Waals surface area contributed by atoms with E-state index in [4.69, 9.17) is 0 Å². The number of unbranched alkanes of at least 4 members (excludes halogenated alkanes) is 9. The van der Waals surface area contributed by atoms with E-state index in [1.54, 1.807) is 0 Å². The van der Waals surface area contributed by atoms with Crippen molar-refractivity contribution in [1.29, 1.82) is 0 Å². The minimum atomic E-state index is -2.64. The van der Waals surface area contributed by atoms with Gasteiger partial charge in [-0.3, -0.25) is 0 Å². The zero-order valence-corrected chi connectivity index (χ0v) is 12.6. The van der Waals surface area contributed by atoms with Crippen molar-refractivity contribution < 1.29 is 30.8 Å². The molecular formula is C12H25NiO3P. The van der Waals surface area contributed by atoms with Crippen LogP contribution in [0.2, 0.25) is 0 Å². The quantitative estimate of drug-likeness (QED) is 0.316. The molecule has 0 aromatic carbocycles. The summed E-state index contributed by atoms with van der Waals surface area (Å²) >= 11 is 0. The summed E-state index contributed by atoms with van der Waals surface area (Å²) in [4.78, 5) is 20.1. The van der Waals surface area contributed by atoms with Crippen LogP contribution in [0.1, 0.15) is 71.1 Å². The van der Waals surface area contributed by atoms with Gasteiger partial charge in [0.15, 0.2) is 0 Å². The minimum absolute atomic E-state index is 0. The second kappa shape index (κ2) is 16.8. The number of rotatable bonds is 12. The van der Waals surface area contributed by atoms with Crippen molar-refractivity contribution in [3.63, 3.8) is 0 Å². The summed E-state index contributed by atoms with van der Waals surface area (Å²) in [5.41, 5.74) is 0. The fourth-order valence-corrected chi connectivity index (χ4v) is 2.01. The Morgan fingerprint density at radius 2 is 1.18 bits per heavy atom. The molecule has 0 bridgehead atoms. The maximum Gasteiger partial charge on any atom is 2.00 e. The molecule has 3 nitrogen and oxygen atoms in total. The monoisotopic (exact) mass is 306 g/mol. The van der Waals surface area contributed by atoms with E-state index < -0.39 is 8.60 Å². The third-order valence-corrected chi connectivity index (χ3v) is 3.09. The van der Waals surface area contributed by atoms with E-state index in [1.165, 1.54) is 51.4 Å². The summed E-state index contributed by atoms with van der Waals surface area (Å²) in [6, 6.07) is 0. The van der Waals surface area contributed by atoms with Crippen molar-refractivity contribution in [2.45, 2.75) is 71.1 Å². The van der Waals surface area contributed by atoms with Crippen LogP contribution in [-0.4, -0.2) is 6.61 Å². The van der Waals surface area contributed by atoms with Crippen molar-refractivity contribution in [2.24, 2.45) is 0 Å². The molecule has 0 aromatic heterocycles. The molecule has 0 fully saturated rings. The molecule has 106 valence electrons. The molecule has 0 N–H and O–H groups in total. The van der Waals surface area contributed by atoms with E-state index in [0.29, 0.717) is 6.61 Å². The van der Waals surface area contributed by atoms with Gasteiger partial charge in [-0.25, -0.2) is 0 Å². The van der Waals surface area contributed by atoms with Crippen LogP contribution in [0.5, 0.6) is 0 Å². The predicted molar refractivity (Wildman–Crippen MR) is 64.7 cm³/mol. The molecule has 5 heteroatoms. The first-order valence-electron chi connectivity index (χ1n) is 6.54. The Balaban J connectivity index is 0. The summed E-state index contributed by atoms with van der Waals surface area (Å²) in [6.07, 6.45) is 12.5. The van der Waals surface area contributed by atoms with Crippen LogP contribution in [0.3, 0.4) is 0 Å². The fraction of sp³-hybridized carbons (Fsp3) is 1.00. The molecule has 0 amide bonds. The van der Waals surface area contributed by atoms with Crippen molar-refractivity contribution >= 4 is 8.60 Å². The van der Waals surface area contributed by atoms with Gasteiger partial charge in [0.05, 0.1) is 0 Å². The summed E-state index contributed by atoms with van der Waals surface area (Å²) in [5, 5.41) is 0. The van der Waals surface area contributed by atoms with Gasteiger partial charge in [0.25, 0.3) is 0 Å². The van der Waals surface area contributed by atoms with Crippen LogP contribution in [-0.2, 0) is 21.0 Å². The van der Waals surface area contributed by atoms with E-state index in [2.05, 4.69) is 11.4 Å². The third-order valence-electron chi connectivity index (χ3n) is 2.69. The van der Waals surface area contributed by atoms with E-state index in [0.717, 1.165) is 12.8 Å². The molecule has 0 aliphatic carbocycles. The molecule has 0 aromatic rings. The van der Waals surface area contributed by atoms with Crippen LogP contribution >= 0.6 is 8.60 Å². The fourth-order valence-electron chi connectivity index (χ4n) is 1.73. The molecule has 0 aliphatic heterocycles. The zero-order valence-electron chi connectivity index (χ0n) is 10.8. The SMILES string of the molecule is CCCCCCCCCCCCOP([O-])[O-].[Ni+2]. The summed E-state index contributed by atoms with van der Waals surface area (Å²) < 4.78 is 4.47. The standard InChI is InChI=1S/C12H25O3P.Ni/c1-2-3-4-5-6-7-8-9-10-11-12-15-16(13)14;/h2-12H2,1H3;/q-2;+2. The molecule has 0 heterocycles. The van der Waals surface area contributed by atoms with Gasteiger partial charge in [-0.1, -0.05) is 64.7 Å². The van der Waals surface area contributed by atoms with Crippen molar-refractivity contribution in [1.82, 2.24) is 0 Å². The first-order chi connectivity index (χ1) is 7.77. The number of hydrogen-bond donors (Lipinski definition) is 0. The van der Waals surface area contributed by atoms with Crippen molar-refractivity contribution in [2.75, 3.05) is 6.61 Å². The summed E-state index contributed by atoms with van der Waals surface area (Å²) in [5.74, 6) is 0. The minimum Gasteiger partial charge on any atom is -0.820 e. The molecule has 0 saturated carbocycles. The molecular weight excluding hydrogens is 282 g/mol. The van der Waals surface area contributed by atoms with Crippen LogP contribution in [0.4, 0.5) is 0 Å². The molecule has 0 atom stereocenters. The molecule has 0 rings (SSSR count). The maximum absolute atomic E-state index is 10.1. The van der Waals surface area contributed by atoms with Crippen LogP contribution in [0.15, 0.2) is 0 Å². The van der Waals surface area contributed by atoms with Gasteiger partial charge in [0, 0.05) is 6.61 Å². The Hall–Kier alpha value is 0.804. The van der Waals surface area contributed by atoms with Crippen LogP contribution < -0.4 is 9.79 Å². The number of hydrogen-bond acceptors (Lipinski definition) is 3. The van der Waals surface area contributed by atoms with Gasteiger partial charge in [0.1, 0.15) is 0 Å². The predicted octanol–water partition coefficient (Wildman–Crippen LogP) is 2.87. The zero-order chi connectivity index (χ0) is 12.1. The maximum atomic E-state index is 10.1. The van der Waals surface area contributed by atoms with Gasteiger partial charge in [0.2, 0.25) is 0 Å². The summed E-state index contributed by atoms with van der Waals surface area (Å²) in [7, 11) is -2.64. The van der Waals surface area contributed by atoms with Gasteiger partial charge in [-0.15, -0.1) is 0 Å². The molecule has 0 unspecified atom stereocenters. The van der Waals surface area contributed by atoms with E-state index >= 15 is 0 Å². The third kappa shape index (κ3) is 19.3. The Morgan fingerprint density at radius 1 is 0.765 bits per heavy atom. The second-order valence-corrected chi connectivity index (χ2v) is 4.94. The summed E-state index contributed by atoms with van der Waals surface area (Å²) in [6.45, 7) is 2.59. The van der Waals surface area contributed by atoms with E-state index in [1.807, 2.05) is 0 Å². The molecule has 0 aliphatic rings. The van der Waals surface area contributed by atoms with Gasteiger partial charge in [-0.2, -0.15) is 8.60 Å². The molecule has 0 spiro atoms. The van der Waals surface area contributed by atoms with E-state index in [-0.39, 0.29) is 16.5 Å². The molecule has 0 saturated heterocycles. The average molecular weight is 307 g/mol. The Labute approximate surface area is 117 Å². The molecule has 17 heavy (non-hydrogen) atoms. The first kappa shape index (κ1) is 20.1. The van der Waals surface area contributed by atoms with Crippen molar-refractivity contribution in [3.8, 4) is 0 Å². The molecule has 0 radical (unpaired) electrons. The largest absolute Gasteiger partial charge is 2.00 e. The Kier molecular flexibility index (Phi) is 19.9. The Morgan fingerprint density at radius 3 is 1.59 bits per heavy atom.